The molecule has 0 fully saturated rings. The minimum atomic E-state index is -0.610. The Bertz CT molecular complexity index is 1220. The van der Waals surface area contributed by atoms with Gasteiger partial charge in [0.05, 0.1) is 18.8 Å². The smallest absolute Gasteiger partial charge is 0.261 e. The van der Waals surface area contributed by atoms with Crippen molar-refractivity contribution in [1.29, 1.82) is 0 Å². The lowest BCUT2D eigenvalue weighted by Gasteiger charge is -2.09. The summed E-state index contributed by atoms with van der Waals surface area (Å²) in [5, 5.41) is 22.7. The van der Waals surface area contributed by atoms with Gasteiger partial charge in [-0.1, -0.05) is 35.5 Å². The van der Waals surface area contributed by atoms with Gasteiger partial charge in [0, 0.05) is 11.1 Å². The summed E-state index contributed by atoms with van der Waals surface area (Å²) in [6.45, 7) is 1.30. The molecule has 0 aliphatic heterocycles. The number of aryl methyl sites for hydroxylation is 1. The van der Waals surface area contributed by atoms with Gasteiger partial charge in [0.15, 0.2) is 0 Å². The highest BCUT2D eigenvalue weighted by Gasteiger charge is 2.18. The van der Waals surface area contributed by atoms with Crippen molar-refractivity contribution in [1.82, 2.24) is 10.1 Å². The highest BCUT2D eigenvalue weighted by atomic mass is 19.1. The van der Waals surface area contributed by atoms with E-state index < -0.39 is 11.6 Å². The van der Waals surface area contributed by atoms with Crippen LogP contribution in [-0.4, -0.2) is 20.4 Å². The molecular formula is C23H18F2N2O3. The largest absolute Gasteiger partial charge is 0.392 e. The monoisotopic (exact) mass is 408 g/mol. The maximum atomic E-state index is 14.9. The van der Waals surface area contributed by atoms with Crippen LogP contribution in [0.3, 0.4) is 0 Å². The SMILES string of the molecule is Cc1cc(-c2nc(-c3ccc(CO)c(CO)c3)no2)c(F)cc1-c1ccccc1F. The van der Waals surface area contributed by atoms with Gasteiger partial charge < -0.3 is 14.7 Å². The Morgan fingerprint density at radius 3 is 2.33 bits per heavy atom. The number of nitrogens with zero attached hydrogens (tertiary/aromatic N) is 2. The summed E-state index contributed by atoms with van der Waals surface area (Å²) in [7, 11) is 0. The molecule has 0 aliphatic carbocycles. The van der Waals surface area contributed by atoms with E-state index in [1.165, 1.54) is 12.1 Å². The van der Waals surface area contributed by atoms with Crippen LogP contribution in [0.1, 0.15) is 16.7 Å². The Morgan fingerprint density at radius 2 is 1.60 bits per heavy atom. The zero-order chi connectivity index (χ0) is 21.3. The number of aliphatic hydroxyl groups excluding tert-OH is 2. The minimum absolute atomic E-state index is 0.0116. The van der Waals surface area contributed by atoms with Gasteiger partial charge in [0.1, 0.15) is 11.6 Å². The van der Waals surface area contributed by atoms with Gasteiger partial charge in [-0.25, -0.2) is 8.78 Å². The van der Waals surface area contributed by atoms with Crippen LogP contribution in [0, 0.1) is 18.6 Å². The summed E-state index contributed by atoms with van der Waals surface area (Å²) in [6.07, 6.45) is 0. The van der Waals surface area contributed by atoms with Crippen molar-refractivity contribution in [3.05, 3.63) is 82.9 Å². The van der Waals surface area contributed by atoms with Gasteiger partial charge in [-0.2, -0.15) is 4.98 Å². The first-order chi connectivity index (χ1) is 14.5. The number of rotatable bonds is 5. The van der Waals surface area contributed by atoms with Crippen molar-refractivity contribution < 1.29 is 23.5 Å². The van der Waals surface area contributed by atoms with Crippen LogP contribution in [0.4, 0.5) is 8.78 Å². The van der Waals surface area contributed by atoms with E-state index in [-0.39, 0.29) is 30.5 Å². The van der Waals surface area contributed by atoms with Crippen LogP contribution in [0.5, 0.6) is 0 Å². The fourth-order valence-corrected chi connectivity index (χ4v) is 3.33. The van der Waals surface area contributed by atoms with E-state index in [2.05, 4.69) is 10.1 Å². The molecule has 30 heavy (non-hydrogen) atoms. The van der Waals surface area contributed by atoms with Crippen molar-refractivity contribution in [3.8, 4) is 34.0 Å². The lowest BCUT2D eigenvalue weighted by molar-refractivity contribution is 0.260. The van der Waals surface area contributed by atoms with Crippen LogP contribution >= 0.6 is 0 Å². The lowest BCUT2D eigenvalue weighted by Crippen LogP contribution is -1.95. The van der Waals surface area contributed by atoms with Crippen molar-refractivity contribution in [3.63, 3.8) is 0 Å². The second-order valence-corrected chi connectivity index (χ2v) is 6.85. The molecule has 3 aromatic carbocycles. The maximum Gasteiger partial charge on any atom is 0.261 e. The molecule has 0 unspecified atom stereocenters. The topological polar surface area (TPSA) is 79.4 Å². The van der Waals surface area contributed by atoms with E-state index >= 15 is 0 Å². The molecule has 2 N–H and O–H groups in total. The van der Waals surface area contributed by atoms with Gasteiger partial charge in [0.25, 0.3) is 5.89 Å². The summed E-state index contributed by atoms with van der Waals surface area (Å²) >= 11 is 0. The van der Waals surface area contributed by atoms with Crippen LogP contribution in [0.25, 0.3) is 34.0 Å². The molecule has 0 spiro atoms. The van der Waals surface area contributed by atoms with Crippen LogP contribution in [0.2, 0.25) is 0 Å². The van der Waals surface area contributed by atoms with Gasteiger partial charge in [-0.05, 0) is 53.4 Å². The summed E-state index contributed by atoms with van der Waals surface area (Å²) in [4.78, 5) is 4.27. The van der Waals surface area contributed by atoms with E-state index in [1.54, 1.807) is 49.4 Å². The van der Waals surface area contributed by atoms with Gasteiger partial charge in [-0.3, -0.25) is 0 Å². The van der Waals surface area contributed by atoms with E-state index in [1.807, 2.05) is 0 Å². The molecule has 0 saturated heterocycles. The summed E-state index contributed by atoms with van der Waals surface area (Å²) in [5.41, 5.74) is 3.22. The summed E-state index contributed by atoms with van der Waals surface area (Å²) in [5.74, 6) is -0.832. The number of aliphatic hydroxyl groups is 2. The van der Waals surface area contributed by atoms with Crippen molar-refractivity contribution in [2.45, 2.75) is 20.1 Å². The second-order valence-electron chi connectivity index (χ2n) is 6.85. The van der Waals surface area contributed by atoms with E-state index in [4.69, 9.17) is 4.52 Å². The summed E-state index contributed by atoms with van der Waals surface area (Å²) in [6, 6.07) is 14.0. The fraction of sp³-hybridized carbons (Fsp3) is 0.130. The van der Waals surface area contributed by atoms with E-state index in [0.29, 0.717) is 33.4 Å². The normalized spacial score (nSPS) is 11.1. The molecule has 5 nitrogen and oxygen atoms in total. The number of halogens is 2. The molecule has 0 atom stereocenters. The molecule has 152 valence electrons. The number of aromatic nitrogens is 2. The third kappa shape index (κ3) is 3.60. The first-order valence-electron chi connectivity index (χ1n) is 9.25. The Labute approximate surface area is 171 Å². The van der Waals surface area contributed by atoms with Gasteiger partial charge >= 0.3 is 0 Å². The van der Waals surface area contributed by atoms with Crippen LogP contribution < -0.4 is 0 Å². The number of benzene rings is 3. The number of hydrogen-bond acceptors (Lipinski definition) is 5. The Balaban J connectivity index is 1.72. The zero-order valence-electron chi connectivity index (χ0n) is 16.1. The van der Waals surface area contributed by atoms with Crippen molar-refractivity contribution in [2.24, 2.45) is 0 Å². The third-order valence-electron chi connectivity index (χ3n) is 4.94. The summed E-state index contributed by atoms with van der Waals surface area (Å²) < 4.78 is 34.2. The average Bonchev–Trinajstić information content (AvgIpc) is 3.25. The molecule has 7 heteroatoms. The number of hydrogen-bond donors (Lipinski definition) is 2. The molecule has 0 radical (unpaired) electrons. The van der Waals surface area contributed by atoms with Crippen molar-refractivity contribution >= 4 is 0 Å². The molecule has 4 rings (SSSR count). The Hall–Kier alpha value is -3.42. The van der Waals surface area contributed by atoms with Gasteiger partial charge in [-0.15, -0.1) is 0 Å². The highest BCUT2D eigenvalue weighted by Crippen LogP contribution is 2.33. The predicted molar refractivity (Wildman–Crippen MR) is 107 cm³/mol. The quantitative estimate of drug-likeness (QED) is 0.503. The first-order valence-corrected chi connectivity index (χ1v) is 9.25. The molecule has 4 aromatic rings. The minimum Gasteiger partial charge on any atom is -0.392 e. The molecular weight excluding hydrogens is 390 g/mol. The van der Waals surface area contributed by atoms with Gasteiger partial charge in [0.2, 0.25) is 5.82 Å². The molecule has 0 aliphatic rings. The average molecular weight is 408 g/mol. The Kier molecular flexibility index (Phi) is 5.39. The lowest BCUT2D eigenvalue weighted by atomic mass is 9.97. The maximum absolute atomic E-state index is 14.9. The predicted octanol–water partition coefficient (Wildman–Crippen LogP) is 4.64. The second kappa shape index (κ2) is 8.14. The van der Waals surface area contributed by atoms with E-state index in [0.717, 1.165) is 0 Å². The highest BCUT2D eigenvalue weighted by molar-refractivity contribution is 5.72. The van der Waals surface area contributed by atoms with Crippen LogP contribution in [0.15, 0.2) is 59.1 Å². The molecule has 1 heterocycles. The molecule has 0 saturated carbocycles. The molecule has 1 aromatic heterocycles. The standard InChI is InChI=1S/C23H18F2N2O3/c1-13-8-19(21(25)10-18(13)17-4-2-3-5-20(17)24)23-26-22(27-30-23)14-6-7-15(11-28)16(9-14)12-29/h2-10,28-29H,11-12H2,1H3. The zero-order valence-corrected chi connectivity index (χ0v) is 16.1. The molecule has 0 bridgehead atoms. The first kappa shape index (κ1) is 19.9. The Morgan fingerprint density at radius 1 is 0.833 bits per heavy atom. The molecule has 0 amide bonds. The fourth-order valence-electron chi connectivity index (χ4n) is 3.33. The third-order valence-corrected chi connectivity index (χ3v) is 4.94. The van der Waals surface area contributed by atoms with Crippen molar-refractivity contribution in [2.75, 3.05) is 0 Å². The van der Waals surface area contributed by atoms with E-state index in [9.17, 15) is 19.0 Å². The van der Waals surface area contributed by atoms with Crippen LogP contribution in [-0.2, 0) is 13.2 Å².